The number of fused-ring (bicyclic) bond motifs is 1. The molecule has 136 valence electrons. The second-order valence-corrected chi connectivity index (χ2v) is 7.39. The van der Waals surface area contributed by atoms with Gasteiger partial charge in [0.15, 0.2) is 17.0 Å². The van der Waals surface area contributed by atoms with Crippen LogP contribution in [0.1, 0.15) is 43.0 Å². The van der Waals surface area contributed by atoms with Crippen LogP contribution in [0.5, 0.6) is 5.75 Å². The summed E-state index contributed by atoms with van der Waals surface area (Å²) < 4.78 is 12.1. The van der Waals surface area contributed by atoms with Gasteiger partial charge in [0, 0.05) is 19.0 Å². The number of carbonyl (C=O) groups excluding carboxylic acids is 1. The number of benzene rings is 1. The molecule has 3 aliphatic rings. The van der Waals surface area contributed by atoms with E-state index in [0.717, 1.165) is 18.4 Å². The SMILES string of the molecule is N#Cc1ncccc1OC1CC2(C1)O[C@@H]1CC[C@@H](c3ccccc3)N1C2=O. The number of pyridine rings is 1. The van der Waals surface area contributed by atoms with Crippen molar-refractivity contribution in [3.05, 3.63) is 59.9 Å². The van der Waals surface area contributed by atoms with Gasteiger partial charge in [0.25, 0.3) is 5.91 Å². The zero-order valence-electron chi connectivity index (χ0n) is 14.7. The second-order valence-electron chi connectivity index (χ2n) is 7.39. The Morgan fingerprint density at radius 3 is 2.78 bits per heavy atom. The van der Waals surface area contributed by atoms with E-state index in [0.29, 0.717) is 18.6 Å². The summed E-state index contributed by atoms with van der Waals surface area (Å²) in [7, 11) is 0. The summed E-state index contributed by atoms with van der Waals surface area (Å²) in [6, 6.07) is 15.7. The van der Waals surface area contributed by atoms with Crippen LogP contribution in [0.2, 0.25) is 0 Å². The van der Waals surface area contributed by atoms with E-state index in [4.69, 9.17) is 14.7 Å². The summed E-state index contributed by atoms with van der Waals surface area (Å²) in [6.45, 7) is 0. The number of rotatable bonds is 3. The molecule has 2 aliphatic heterocycles. The van der Waals surface area contributed by atoms with Crippen molar-refractivity contribution >= 4 is 5.91 Å². The fourth-order valence-corrected chi connectivity index (χ4v) is 4.49. The lowest BCUT2D eigenvalue weighted by Crippen LogP contribution is -2.56. The molecular weight excluding hydrogens is 342 g/mol. The van der Waals surface area contributed by atoms with E-state index in [1.807, 2.05) is 29.2 Å². The molecule has 0 bridgehead atoms. The Labute approximate surface area is 157 Å². The van der Waals surface area contributed by atoms with Gasteiger partial charge in [0.2, 0.25) is 0 Å². The maximum atomic E-state index is 13.2. The minimum Gasteiger partial charge on any atom is -0.487 e. The molecule has 6 nitrogen and oxygen atoms in total. The van der Waals surface area contributed by atoms with Gasteiger partial charge in [-0.3, -0.25) is 4.79 Å². The third kappa shape index (κ3) is 2.50. The van der Waals surface area contributed by atoms with Crippen LogP contribution in [-0.2, 0) is 9.53 Å². The van der Waals surface area contributed by atoms with Crippen molar-refractivity contribution in [2.45, 2.75) is 49.7 Å². The molecule has 6 heteroatoms. The van der Waals surface area contributed by atoms with E-state index in [9.17, 15) is 4.79 Å². The van der Waals surface area contributed by atoms with Gasteiger partial charge in [-0.25, -0.2) is 4.98 Å². The molecule has 1 amide bonds. The van der Waals surface area contributed by atoms with Crippen LogP contribution in [0.4, 0.5) is 0 Å². The number of nitrogens with zero attached hydrogens (tertiary/aromatic N) is 3. The normalized spacial score (nSPS) is 31.4. The van der Waals surface area contributed by atoms with Gasteiger partial charge in [-0.2, -0.15) is 5.26 Å². The van der Waals surface area contributed by atoms with Crippen LogP contribution >= 0.6 is 0 Å². The van der Waals surface area contributed by atoms with Crippen LogP contribution < -0.4 is 4.74 Å². The Hall–Kier alpha value is -2.91. The first-order chi connectivity index (χ1) is 13.2. The maximum Gasteiger partial charge on any atom is 0.257 e. The summed E-state index contributed by atoms with van der Waals surface area (Å²) in [5.41, 5.74) is 0.662. The molecule has 1 aromatic heterocycles. The van der Waals surface area contributed by atoms with Crippen LogP contribution in [0.15, 0.2) is 48.7 Å². The number of hydrogen-bond donors (Lipinski definition) is 0. The Balaban J connectivity index is 1.30. The predicted octanol–water partition coefficient (Wildman–Crippen LogP) is 2.95. The van der Waals surface area contributed by atoms with E-state index in [1.165, 1.54) is 0 Å². The van der Waals surface area contributed by atoms with Crippen molar-refractivity contribution < 1.29 is 14.3 Å². The highest BCUT2D eigenvalue weighted by molar-refractivity contribution is 5.89. The first-order valence-corrected chi connectivity index (χ1v) is 9.27. The largest absolute Gasteiger partial charge is 0.487 e. The molecular formula is C21H19N3O3. The van der Waals surface area contributed by atoms with Gasteiger partial charge in [-0.15, -0.1) is 0 Å². The number of hydrogen-bond acceptors (Lipinski definition) is 5. The third-order valence-corrected chi connectivity index (χ3v) is 5.79. The monoisotopic (exact) mass is 361 g/mol. The second kappa shape index (κ2) is 6.07. The van der Waals surface area contributed by atoms with Crippen LogP contribution in [0.3, 0.4) is 0 Å². The molecule has 1 aromatic carbocycles. The van der Waals surface area contributed by atoms with Crippen LogP contribution in [-0.4, -0.2) is 33.7 Å². The molecule has 3 heterocycles. The lowest BCUT2D eigenvalue weighted by Gasteiger charge is -2.42. The molecule has 1 aliphatic carbocycles. The number of aromatic nitrogens is 1. The van der Waals surface area contributed by atoms with Gasteiger partial charge in [0.1, 0.15) is 18.4 Å². The Morgan fingerprint density at radius 2 is 2.00 bits per heavy atom. The van der Waals surface area contributed by atoms with Gasteiger partial charge in [-0.1, -0.05) is 30.3 Å². The zero-order valence-corrected chi connectivity index (χ0v) is 14.7. The van der Waals surface area contributed by atoms with Crippen molar-refractivity contribution in [2.75, 3.05) is 0 Å². The van der Waals surface area contributed by atoms with Crippen LogP contribution in [0, 0.1) is 11.3 Å². The molecule has 1 spiro atoms. The standard InChI is InChI=1S/C21H19N3O3/c22-13-16-18(7-4-10-23-16)26-15-11-21(12-15)20(25)24-17(8-9-19(24)27-21)14-5-2-1-3-6-14/h1-7,10,15,17,19H,8-9,11-12H2/t15?,17-,19+,21?/m0/s1. The molecule has 2 saturated heterocycles. The predicted molar refractivity (Wildman–Crippen MR) is 95.5 cm³/mol. The fraction of sp³-hybridized carbons (Fsp3) is 0.381. The zero-order chi connectivity index (χ0) is 18.4. The van der Waals surface area contributed by atoms with E-state index in [1.54, 1.807) is 18.3 Å². The molecule has 2 aromatic rings. The maximum absolute atomic E-state index is 13.2. The number of carbonyl (C=O) groups is 1. The molecule has 0 N–H and O–H groups in total. The Kier molecular flexibility index (Phi) is 3.66. The van der Waals surface area contributed by atoms with Crippen molar-refractivity contribution in [3.63, 3.8) is 0 Å². The minimum absolute atomic E-state index is 0.0744. The lowest BCUT2D eigenvalue weighted by atomic mass is 9.76. The first-order valence-electron chi connectivity index (χ1n) is 9.27. The van der Waals surface area contributed by atoms with Crippen molar-refractivity contribution in [2.24, 2.45) is 0 Å². The molecule has 1 saturated carbocycles. The van der Waals surface area contributed by atoms with E-state index in [2.05, 4.69) is 17.1 Å². The van der Waals surface area contributed by atoms with Crippen LogP contribution in [0.25, 0.3) is 0 Å². The molecule has 0 radical (unpaired) electrons. The number of nitriles is 1. The average Bonchev–Trinajstić information content (AvgIpc) is 3.21. The fourth-order valence-electron chi connectivity index (χ4n) is 4.49. The average molecular weight is 361 g/mol. The summed E-state index contributed by atoms with van der Waals surface area (Å²) in [5, 5.41) is 9.14. The van der Waals surface area contributed by atoms with Gasteiger partial charge in [-0.05, 0) is 30.5 Å². The van der Waals surface area contributed by atoms with Crippen molar-refractivity contribution in [1.82, 2.24) is 9.88 Å². The topological polar surface area (TPSA) is 75.5 Å². The molecule has 0 unspecified atom stereocenters. The van der Waals surface area contributed by atoms with E-state index >= 15 is 0 Å². The van der Waals surface area contributed by atoms with E-state index < -0.39 is 5.60 Å². The highest BCUT2D eigenvalue weighted by Crippen LogP contribution is 2.51. The molecule has 3 fully saturated rings. The summed E-state index contributed by atoms with van der Waals surface area (Å²) in [6.07, 6.45) is 4.10. The number of ether oxygens (including phenoxy) is 2. The quantitative estimate of drug-likeness (QED) is 0.840. The third-order valence-electron chi connectivity index (χ3n) is 5.79. The lowest BCUT2D eigenvalue weighted by molar-refractivity contribution is -0.162. The molecule has 27 heavy (non-hydrogen) atoms. The van der Waals surface area contributed by atoms with Gasteiger partial charge < -0.3 is 14.4 Å². The first kappa shape index (κ1) is 16.3. The van der Waals surface area contributed by atoms with Gasteiger partial charge in [0.05, 0.1) is 6.04 Å². The smallest absolute Gasteiger partial charge is 0.257 e. The van der Waals surface area contributed by atoms with E-state index in [-0.39, 0.29) is 30.0 Å². The summed E-state index contributed by atoms with van der Waals surface area (Å²) in [4.78, 5) is 19.1. The summed E-state index contributed by atoms with van der Waals surface area (Å²) >= 11 is 0. The van der Waals surface area contributed by atoms with Gasteiger partial charge >= 0.3 is 0 Å². The highest BCUT2D eigenvalue weighted by atomic mass is 16.6. The van der Waals surface area contributed by atoms with Crippen molar-refractivity contribution in [1.29, 1.82) is 5.26 Å². The van der Waals surface area contributed by atoms with Crippen molar-refractivity contribution in [3.8, 4) is 11.8 Å². The molecule has 5 rings (SSSR count). The Bertz CT molecular complexity index is 918. The summed E-state index contributed by atoms with van der Waals surface area (Å²) in [5.74, 6) is 0.540. The Morgan fingerprint density at radius 1 is 1.19 bits per heavy atom. The molecule has 2 atom stereocenters. The number of amides is 1. The minimum atomic E-state index is -0.766. The highest BCUT2D eigenvalue weighted by Gasteiger charge is 2.63.